The molecule has 0 fully saturated rings. The van der Waals surface area contributed by atoms with Crippen LogP contribution in [0, 0.1) is 0 Å². The average molecular weight is 440 g/mol. The number of nitrogens with zero attached hydrogens (tertiary/aromatic N) is 1. The summed E-state index contributed by atoms with van der Waals surface area (Å²) in [5.41, 5.74) is 3.55. The van der Waals surface area contributed by atoms with Crippen molar-refractivity contribution in [3.63, 3.8) is 0 Å². The maximum atomic E-state index is 12.0. The number of nitrogens with one attached hydrogen (secondary N) is 2. The van der Waals surface area contributed by atoms with Crippen molar-refractivity contribution in [2.45, 2.75) is 12.8 Å². The number of hydrogen-bond acceptors (Lipinski definition) is 4. The Kier molecular flexibility index (Phi) is 6.39. The lowest BCUT2D eigenvalue weighted by Gasteiger charge is -2.07. The van der Waals surface area contributed by atoms with Gasteiger partial charge in [0.1, 0.15) is 5.75 Å². The van der Waals surface area contributed by atoms with Gasteiger partial charge in [0.15, 0.2) is 0 Å². The Labute approximate surface area is 170 Å². The molecule has 0 aliphatic rings. The van der Waals surface area contributed by atoms with Gasteiger partial charge in [0, 0.05) is 22.9 Å². The van der Waals surface area contributed by atoms with Gasteiger partial charge in [-0.05, 0) is 44.9 Å². The van der Waals surface area contributed by atoms with E-state index in [1.165, 1.54) is 6.21 Å². The fourth-order valence-electron chi connectivity index (χ4n) is 2.65. The molecule has 0 saturated carbocycles. The molecule has 0 bridgehead atoms. The molecule has 0 aliphatic heterocycles. The van der Waals surface area contributed by atoms with Gasteiger partial charge in [-0.1, -0.05) is 42.5 Å². The Balaban J connectivity index is 1.54. The summed E-state index contributed by atoms with van der Waals surface area (Å²) >= 11 is 3.35. The number of anilines is 1. The molecular formula is C21H18BrN3O3. The molecule has 142 valence electrons. The number of para-hydroxylation sites is 1. The topological polar surface area (TPSA) is 90.8 Å². The Morgan fingerprint density at radius 3 is 2.50 bits per heavy atom. The average Bonchev–Trinajstić information content (AvgIpc) is 2.70. The number of carbonyl (C=O) groups is 2. The predicted molar refractivity (Wildman–Crippen MR) is 113 cm³/mol. The Morgan fingerprint density at radius 1 is 0.964 bits per heavy atom. The number of halogens is 1. The van der Waals surface area contributed by atoms with Crippen molar-refractivity contribution in [1.82, 2.24) is 5.43 Å². The zero-order valence-electron chi connectivity index (χ0n) is 14.9. The number of amides is 2. The second-order valence-electron chi connectivity index (χ2n) is 6.04. The Morgan fingerprint density at radius 2 is 1.68 bits per heavy atom. The summed E-state index contributed by atoms with van der Waals surface area (Å²) in [6.07, 6.45) is 1.42. The number of benzene rings is 3. The van der Waals surface area contributed by atoms with Gasteiger partial charge < -0.3 is 10.4 Å². The number of carbonyl (C=O) groups excluding carboxylic acids is 2. The lowest BCUT2D eigenvalue weighted by atomic mass is 10.0. The summed E-state index contributed by atoms with van der Waals surface area (Å²) in [7, 11) is 0. The van der Waals surface area contributed by atoms with Gasteiger partial charge in [0.2, 0.25) is 11.8 Å². The highest BCUT2D eigenvalue weighted by atomic mass is 79.9. The van der Waals surface area contributed by atoms with Gasteiger partial charge in [-0.25, -0.2) is 5.43 Å². The molecule has 2 amide bonds. The minimum absolute atomic E-state index is 0.00482. The number of fused-ring (bicyclic) bond motifs is 1. The predicted octanol–water partition coefficient (Wildman–Crippen LogP) is 4.18. The van der Waals surface area contributed by atoms with E-state index >= 15 is 0 Å². The van der Waals surface area contributed by atoms with Crippen LogP contribution in [0.2, 0.25) is 0 Å². The molecule has 28 heavy (non-hydrogen) atoms. The van der Waals surface area contributed by atoms with E-state index in [0.717, 1.165) is 15.2 Å². The van der Waals surface area contributed by atoms with E-state index in [4.69, 9.17) is 0 Å². The second kappa shape index (κ2) is 9.14. The molecule has 0 radical (unpaired) electrons. The third kappa shape index (κ3) is 4.95. The van der Waals surface area contributed by atoms with Gasteiger partial charge in [0.25, 0.3) is 0 Å². The third-order valence-corrected chi connectivity index (χ3v) is 4.75. The molecule has 0 atom stereocenters. The van der Waals surface area contributed by atoms with Crippen LogP contribution in [0.15, 0.2) is 70.2 Å². The number of rotatable bonds is 6. The molecule has 0 spiro atoms. The van der Waals surface area contributed by atoms with E-state index in [-0.39, 0.29) is 24.5 Å². The molecule has 3 aromatic rings. The van der Waals surface area contributed by atoms with E-state index in [9.17, 15) is 14.7 Å². The van der Waals surface area contributed by atoms with Crippen LogP contribution in [0.3, 0.4) is 0 Å². The van der Waals surface area contributed by atoms with Crippen LogP contribution in [0.25, 0.3) is 10.8 Å². The molecule has 6 nitrogen and oxygen atoms in total. The van der Waals surface area contributed by atoms with Crippen LogP contribution < -0.4 is 10.7 Å². The SMILES string of the molecule is O=C(CCC(=O)Nc1ccccc1Br)N/N=C\c1c(O)ccc2ccccc12. The van der Waals surface area contributed by atoms with Crippen molar-refractivity contribution in [2.75, 3.05) is 5.32 Å². The first-order chi connectivity index (χ1) is 13.5. The quantitative estimate of drug-likeness (QED) is 0.397. The number of hydrazone groups is 1. The number of hydrogen-bond donors (Lipinski definition) is 3. The molecule has 0 heterocycles. The zero-order chi connectivity index (χ0) is 19.9. The molecular weight excluding hydrogens is 422 g/mol. The Bertz CT molecular complexity index is 1050. The minimum Gasteiger partial charge on any atom is -0.507 e. The first kappa shape index (κ1) is 19.6. The first-order valence-electron chi connectivity index (χ1n) is 8.61. The van der Waals surface area contributed by atoms with Crippen molar-refractivity contribution in [3.8, 4) is 5.75 Å². The molecule has 3 aromatic carbocycles. The van der Waals surface area contributed by atoms with E-state index in [0.29, 0.717) is 11.3 Å². The number of aromatic hydroxyl groups is 1. The minimum atomic E-state index is -0.391. The van der Waals surface area contributed by atoms with E-state index in [2.05, 4.69) is 31.8 Å². The van der Waals surface area contributed by atoms with Crippen LogP contribution in [-0.4, -0.2) is 23.1 Å². The van der Waals surface area contributed by atoms with Crippen molar-refractivity contribution in [2.24, 2.45) is 5.10 Å². The summed E-state index contributed by atoms with van der Waals surface area (Å²) in [6.45, 7) is 0. The third-order valence-electron chi connectivity index (χ3n) is 4.06. The molecule has 7 heteroatoms. The van der Waals surface area contributed by atoms with Crippen LogP contribution in [0.1, 0.15) is 18.4 Å². The highest BCUT2D eigenvalue weighted by Crippen LogP contribution is 2.25. The van der Waals surface area contributed by atoms with E-state index in [1.807, 2.05) is 48.5 Å². The fraction of sp³-hybridized carbons (Fsp3) is 0.0952. The molecule has 3 N–H and O–H groups in total. The first-order valence-corrected chi connectivity index (χ1v) is 9.41. The molecule has 3 rings (SSSR count). The van der Waals surface area contributed by atoms with Crippen molar-refractivity contribution in [3.05, 3.63) is 70.7 Å². The summed E-state index contributed by atoms with van der Waals surface area (Å²) in [6, 6.07) is 18.2. The monoisotopic (exact) mass is 439 g/mol. The van der Waals surface area contributed by atoms with Gasteiger partial charge in [0.05, 0.1) is 11.9 Å². The standard InChI is InChI=1S/C21H18BrN3O3/c22-17-7-3-4-8-18(17)24-20(27)11-12-21(28)25-23-13-16-15-6-2-1-5-14(15)9-10-19(16)26/h1-10,13,26H,11-12H2,(H,24,27)(H,25,28)/b23-13-. The van der Waals surface area contributed by atoms with Crippen molar-refractivity contribution >= 4 is 50.4 Å². The van der Waals surface area contributed by atoms with Crippen molar-refractivity contribution in [1.29, 1.82) is 0 Å². The van der Waals surface area contributed by atoms with Gasteiger partial charge in [-0.3, -0.25) is 9.59 Å². The van der Waals surface area contributed by atoms with Crippen LogP contribution >= 0.6 is 15.9 Å². The lowest BCUT2D eigenvalue weighted by Crippen LogP contribution is -2.20. The summed E-state index contributed by atoms with van der Waals surface area (Å²) in [4.78, 5) is 23.9. The highest BCUT2D eigenvalue weighted by Gasteiger charge is 2.09. The van der Waals surface area contributed by atoms with E-state index < -0.39 is 5.91 Å². The van der Waals surface area contributed by atoms with Crippen LogP contribution in [0.5, 0.6) is 5.75 Å². The normalized spacial score (nSPS) is 10.9. The maximum absolute atomic E-state index is 12.0. The summed E-state index contributed by atoms with van der Waals surface area (Å²) in [5, 5.41) is 18.5. The van der Waals surface area contributed by atoms with Gasteiger partial charge >= 0.3 is 0 Å². The van der Waals surface area contributed by atoms with Crippen molar-refractivity contribution < 1.29 is 14.7 Å². The van der Waals surface area contributed by atoms with Crippen LogP contribution in [-0.2, 0) is 9.59 Å². The molecule has 0 aliphatic carbocycles. The maximum Gasteiger partial charge on any atom is 0.240 e. The summed E-state index contributed by atoms with van der Waals surface area (Å²) in [5.74, 6) is -0.583. The van der Waals surface area contributed by atoms with Gasteiger partial charge in [-0.2, -0.15) is 5.10 Å². The number of phenols is 1. The van der Waals surface area contributed by atoms with Crippen LogP contribution in [0.4, 0.5) is 5.69 Å². The zero-order valence-corrected chi connectivity index (χ0v) is 16.4. The van der Waals surface area contributed by atoms with E-state index in [1.54, 1.807) is 12.1 Å². The molecule has 0 saturated heterocycles. The number of phenolic OH excluding ortho intramolecular Hbond substituents is 1. The summed E-state index contributed by atoms with van der Waals surface area (Å²) < 4.78 is 0.771. The Hall–Kier alpha value is -3.19. The molecule has 0 unspecified atom stereocenters. The fourth-order valence-corrected chi connectivity index (χ4v) is 3.03. The second-order valence-corrected chi connectivity index (χ2v) is 6.90. The molecule has 0 aromatic heterocycles. The van der Waals surface area contributed by atoms with Gasteiger partial charge in [-0.15, -0.1) is 0 Å². The smallest absolute Gasteiger partial charge is 0.240 e. The lowest BCUT2D eigenvalue weighted by molar-refractivity contribution is -0.124. The highest BCUT2D eigenvalue weighted by molar-refractivity contribution is 9.10. The largest absolute Gasteiger partial charge is 0.507 e.